The molecule has 0 unspecified atom stereocenters. The van der Waals surface area contributed by atoms with Gasteiger partial charge in [-0.3, -0.25) is 0 Å². The number of benzene rings is 6. The summed E-state index contributed by atoms with van der Waals surface area (Å²) >= 11 is 0. The topological polar surface area (TPSA) is 18.5 Å². The molecular weight excluding hydrogens is 944 g/mol. The highest BCUT2D eigenvalue weighted by atomic mass is 16.6. The van der Waals surface area contributed by atoms with Crippen molar-refractivity contribution in [3.63, 3.8) is 0 Å². The van der Waals surface area contributed by atoms with E-state index < -0.39 is 7.12 Å². The summed E-state index contributed by atoms with van der Waals surface area (Å²) in [5, 5.41) is 0. The van der Waals surface area contributed by atoms with Crippen LogP contribution in [-0.4, -0.2) is 7.12 Å². The van der Waals surface area contributed by atoms with E-state index in [2.05, 4.69) is 169 Å². The van der Waals surface area contributed by atoms with Crippen LogP contribution in [0.3, 0.4) is 0 Å². The molecule has 414 valence electrons. The molecule has 6 aromatic rings. The second kappa shape index (κ2) is 27.9. The Kier molecular flexibility index (Phi) is 20.6. The van der Waals surface area contributed by atoms with E-state index >= 15 is 0 Å². The van der Waals surface area contributed by atoms with Crippen LogP contribution >= 0.6 is 0 Å². The van der Waals surface area contributed by atoms with Crippen LogP contribution in [0.1, 0.15) is 268 Å². The maximum Gasteiger partial charge on any atom is 0.632 e. The largest absolute Gasteiger partial charge is 0.632 e. The van der Waals surface area contributed by atoms with Gasteiger partial charge in [0.1, 0.15) is 11.5 Å². The average Bonchev–Trinajstić information content (AvgIpc) is 4.22. The Balaban J connectivity index is 1.17. The lowest BCUT2D eigenvalue weighted by atomic mass is 9.68. The van der Waals surface area contributed by atoms with Gasteiger partial charge in [-0.1, -0.05) is 299 Å². The van der Waals surface area contributed by atoms with E-state index in [4.69, 9.17) is 9.31 Å². The van der Waals surface area contributed by atoms with Crippen molar-refractivity contribution >= 4 is 12.6 Å². The fourth-order valence-electron chi connectivity index (χ4n) is 15.2. The summed E-state index contributed by atoms with van der Waals surface area (Å²) in [6.45, 7) is 14.0. The third kappa shape index (κ3) is 12.2. The molecule has 0 saturated carbocycles. The summed E-state index contributed by atoms with van der Waals surface area (Å²) in [6, 6.07) is 49.8. The van der Waals surface area contributed by atoms with Gasteiger partial charge in [0.2, 0.25) is 0 Å². The van der Waals surface area contributed by atoms with E-state index in [1.807, 2.05) is 0 Å². The van der Waals surface area contributed by atoms with Crippen molar-refractivity contribution in [1.82, 2.24) is 0 Å². The summed E-state index contributed by atoms with van der Waals surface area (Å²) in [5.41, 5.74) is 18.4. The van der Waals surface area contributed by atoms with Crippen LogP contribution in [0.5, 0.6) is 11.5 Å². The molecule has 78 heavy (non-hydrogen) atoms. The van der Waals surface area contributed by atoms with Gasteiger partial charge in [-0.15, -0.1) is 0 Å². The molecule has 0 aliphatic heterocycles. The van der Waals surface area contributed by atoms with Crippen LogP contribution in [0.2, 0.25) is 0 Å². The molecule has 9 rings (SSSR count). The minimum absolute atomic E-state index is 0.0375. The first-order chi connectivity index (χ1) is 38.4. The Labute approximate surface area is 475 Å². The van der Waals surface area contributed by atoms with E-state index in [1.54, 1.807) is 0 Å². The van der Waals surface area contributed by atoms with Crippen molar-refractivity contribution in [3.05, 3.63) is 161 Å². The standard InChI is InChI=1S/C75H99BO2/c1-7-13-19-31-49-73(50-32-20-14-8-2)67-40-28-25-37-61(67)64-46-43-58(55-70(64)73)76(77-59-44-47-65-62-38-26-29-41-68(62)74(71(65)56-59,51-33-21-15-9-3)52-34-22-16-10-4)78-60-45-48-66-63-39-27-30-42-69(63)75(72(66)57-60,53-35-23-17-11-5)54-36-24-18-12-6/h25-30,37-48,55-57H,7-24,31-36,49-54H2,1-6H3. The molecule has 3 aliphatic carbocycles. The molecule has 0 aromatic heterocycles. The van der Waals surface area contributed by atoms with Gasteiger partial charge in [-0.2, -0.15) is 0 Å². The van der Waals surface area contributed by atoms with E-state index in [9.17, 15) is 0 Å². The predicted octanol–water partition coefficient (Wildman–Crippen LogP) is 22.2. The molecule has 0 bridgehead atoms. The highest BCUT2D eigenvalue weighted by Crippen LogP contribution is 2.58. The highest BCUT2D eigenvalue weighted by Gasteiger charge is 2.46. The molecule has 0 radical (unpaired) electrons. The maximum atomic E-state index is 7.63. The Morgan fingerprint density at radius 1 is 0.269 bits per heavy atom. The molecule has 3 aliphatic rings. The number of rotatable bonds is 35. The minimum atomic E-state index is -0.660. The van der Waals surface area contributed by atoms with Crippen LogP contribution in [0, 0.1) is 0 Å². The van der Waals surface area contributed by atoms with Gasteiger partial charge in [-0.25, -0.2) is 0 Å². The minimum Gasteiger partial charge on any atom is -0.522 e. The predicted molar refractivity (Wildman–Crippen MR) is 337 cm³/mol. The van der Waals surface area contributed by atoms with Crippen molar-refractivity contribution in [2.45, 2.75) is 250 Å². The van der Waals surface area contributed by atoms with Crippen molar-refractivity contribution in [3.8, 4) is 44.9 Å². The Morgan fingerprint density at radius 3 is 0.846 bits per heavy atom. The summed E-state index contributed by atoms with van der Waals surface area (Å²) in [7, 11) is -0.660. The van der Waals surface area contributed by atoms with Crippen LogP contribution in [0.4, 0.5) is 0 Å². The van der Waals surface area contributed by atoms with Crippen LogP contribution < -0.4 is 14.8 Å². The monoisotopic (exact) mass is 1040 g/mol. The van der Waals surface area contributed by atoms with Gasteiger partial charge in [0.25, 0.3) is 0 Å². The second-order valence-corrected chi connectivity index (χ2v) is 24.5. The van der Waals surface area contributed by atoms with Gasteiger partial charge in [0, 0.05) is 21.7 Å². The molecule has 0 fully saturated rings. The van der Waals surface area contributed by atoms with E-state index in [-0.39, 0.29) is 16.2 Å². The maximum absolute atomic E-state index is 7.63. The lowest BCUT2D eigenvalue weighted by molar-refractivity contribution is 0.396. The quantitative estimate of drug-likeness (QED) is 0.0292. The number of fused-ring (bicyclic) bond motifs is 9. The van der Waals surface area contributed by atoms with Crippen molar-refractivity contribution < 1.29 is 9.31 Å². The van der Waals surface area contributed by atoms with Gasteiger partial charge in [0.15, 0.2) is 0 Å². The second-order valence-electron chi connectivity index (χ2n) is 24.5. The van der Waals surface area contributed by atoms with Crippen LogP contribution in [0.15, 0.2) is 127 Å². The lowest BCUT2D eigenvalue weighted by Crippen LogP contribution is -2.43. The Hall–Kier alpha value is -5.02. The summed E-state index contributed by atoms with van der Waals surface area (Å²) in [6.07, 6.45) is 37.4. The van der Waals surface area contributed by atoms with Crippen molar-refractivity contribution in [2.75, 3.05) is 0 Å². The zero-order chi connectivity index (χ0) is 54.2. The molecule has 6 aromatic carbocycles. The Bertz CT molecular complexity index is 2670. The smallest absolute Gasteiger partial charge is 0.522 e. The van der Waals surface area contributed by atoms with Crippen LogP contribution in [-0.2, 0) is 16.2 Å². The Morgan fingerprint density at radius 2 is 0.538 bits per heavy atom. The molecule has 3 heteroatoms. The fraction of sp³-hybridized carbons (Fsp3) is 0.520. The lowest BCUT2D eigenvalue weighted by Gasteiger charge is -2.34. The zero-order valence-corrected chi connectivity index (χ0v) is 49.7. The number of hydrogen-bond acceptors (Lipinski definition) is 2. The first-order valence-corrected chi connectivity index (χ1v) is 32.5. The molecular formula is C75H99BO2. The third-order valence-electron chi connectivity index (χ3n) is 19.3. The SMILES string of the molecule is CCCCCCC1(CCCCCC)c2ccccc2-c2ccc(OB(Oc3ccc4c(c3)C(CCCCCC)(CCCCCC)c3ccccc3-4)c3ccc4c(c3)C(CCCCCC)(CCCCCC)c3ccccc3-4)cc21. The summed E-state index contributed by atoms with van der Waals surface area (Å²) in [4.78, 5) is 0. The van der Waals surface area contributed by atoms with Gasteiger partial charge in [0.05, 0.1) is 0 Å². The average molecular weight is 1040 g/mol. The third-order valence-corrected chi connectivity index (χ3v) is 19.3. The van der Waals surface area contributed by atoms with E-state index in [1.165, 1.54) is 259 Å². The molecule has 0 heterocycles. The van der Waals surface area contributed by atoms with Gasteiger partial charge in [-0.05, 0) is 130 Å². The first-order valence-electron chi connectivity index (χ1n) is 32.5. The molecule has 0 N–H and O–H groups in total. The van der Waals surface area contributed by atoms with E-state index in [0.29, 0.717) is 0 Å². The molecule has 0 spiro atoms. The van der Waals surface area contributed by atoms with Crippen LogP contribution in [0.25, 0.3) is 33.4 Å². The molecule has 0 amide bonds. The molecule has 2 nitrogen and oxygen atoms in total. The number of hydrogen-bond donors (Lipinski definition) is 0. The fourth-order valence-corrected chi connectivity index (χ4v) is 15.2. The summed E-state index contributed by atoms with van der Waals surface area (Å²) < 4.78 is 15.3. The van der Waals surface area contributed by atoms with Gasteiger partial charge < -0.3 is 9.31 Å². The van der Waals surface area contributed by atoms with Gasteiger partial charge >= 0.3 is 7.12 Å². The summed E-state index contributed by atoms with van der Waals surface area (Å²) in [5.74, 6) is 1.81. The first kappa shape index (κ1) is 57.7. The van der Waals surface area contributed by atoms with Crippen molar-refractivity contribution in [2.24, 2.45) is 0 Å². The zero-order valence-electron chi connectivity index (χ0n) is 49.7. The number of unbranched alkanes of at least 4 members (excludes halogenated alkanes) is 18. The highest BCUT2D eigenvalue weighted by molar-refractivity contribution is 6.62. The molecule has 0 atom stereocenters. The van der Waals surface area contributed by atoms with E-state index in [0.717, 1.165) is 17.0 Å². The van der Waals surface area contributed by atoms with Crippen molar-refractivity contribution in [1.29, 1.82) is 0 Å². The normalized spacial score (nSPS) is 14.6. The molecule has 0 saturated heterocycles.